The third kappa shape index (κ3) is 4.46. The van der Waals surface area contributed by atoms with Crippen LogP contribution in [0.25, 0.3) is 0 Å². The summed E-state index contributed by atoms with van der Waals surface area (Å²) >= 11 is 5.67. The number of methoxy groups -OCH3 is 2. The Kier molecular flexibility index (Phi) is 6.32. The summed E-state index contributed by atoms with van der Waals surface area (Å²) in [5.41, 5.74) is 2.75. The van der Waals surface area contributed by atoms with E-state index in [4.69, 9.17) is 21.7 Å². The molecule has 0 unspecified atom stereocenters. The maximum Gasteiger partial charge on any atom is 0.227 e. The van der Waals surface area contributed by atoms with Crippen LogP contribution in [-0.4, -0.2) is 31.8 Å². The fourth-order valence-electron chi connectivity index (χ4n) is 4.62. The molecule has 6 nitrogen and oxygen atoms in total. The quantitative estimate of drug-likeness (QED) is 0.642. The van der Waals surface area contributed by atoms with Crippen LogP contribution in [0.5, 0.6) is 11.5 Å². The second kappa shape index (κ2) is 9.14. The molecule has 0 radical (unpaired) electrons. The van der Waals surface area contributed by atoms with Crippen LogP contribution in [0.15, 0.2) is 42.5 Å². The molecule has 0 aromatic heterocycles. The highest BCUT2D eigenvalue weighted by atomic mass is 32.1. The predicted molar refractivity (Wildman–Crippen MR) is 127 cm³/mol. The number of amides is 1. The van der Waals surface area contributed by atoms with Crippen molar-refractivity contribution in [2.45, 2.75) is 44.1 Å². The largest absolute Gasteiger partial charge is 0.493 e. The number of nitrogens with zero attached hydrogens (tertiary/aromatic N) is 1. The highest BCUT2D eigenvalue weighted by Crippen LogP contribution is 2.41. The van der Waals surface area contributed by atoms with Crippen molar-refractivity contribution < 1.29 is 14.3 Å². The fourth-order valence-corrected chi connectivity index (χ4v) is 4.94. The minimum atomic E-state index is -0.231. The molecule has 2 fully saturated rings. The van der Waals surface area contributed by atoms with Crippen molar-refractivity contribution >= 4 is 34.6 Å². The summed E-state index contributed by atoms with van der Waals surface area (Å²) < 4.78 is 10.9. The number of ether oxygens (including phenoxy) is 2. The topological polar surface area (TPSA) is 62.8 Å². The van der Waals surface area contributed by atoms with Gasteiger partial charge in [-0.1, -0.05) is 18.9 Å². The van der Waals surface area contributed by atoms with Gasteiger partial charge in [-0.3, -0.25) is 4.79 Å². The first kappa shape index (κ1) is 21.4. The van der Waals surface area contributed by atoms with Gasteiger partial charge in [0, 0.05) is 24.3 Å². The first-order chi connectivity index (χ1) is 15.0. The van der Waals surface area contributed by atoms with Crippen LogP contribution in [0.1, 0.15) is 44.1 Å². The van der Waals surface area contributed by atoms with Gasteiger partial charge in [0.1, 0.15) is 0 Å². The molecule has 7 heteroatoms. The molecule has 2 aromatic rings. The van der Waals surface area contributed by atoms with Crippen molar-refractivity contribution in [2.75, 3.05) is 31.0 Å². The van der Waals surface area contributed by atoms with Gasteiger partial charge in [-0.05, 0) is 73.4 Å². The Balaban J connectivity index is 1.47. The molecule has 0 bridgehead atoms. The molecular weight excluding hydrogens is 410 g/mol. The van der Waals surface area contributed by atoms with Crippen LogP contribution < -0.4 is 25.0 Å². The van der Waals surface area contributed by atoms with Crippen molar-refractivity contribution in [3.8, 4) is 11.5 Å². The van der Waals surface area contributed by atoms with Crippen LogP contribution in [0.2, 0.25) is 0 Å². The lowest BCUT2D eigenvalue weighted by Crippen LogP contribution is -2.45. The van der Waals surface area contributed by atoms with Gasteiger partial charge in [0.15, 0.2) is 16.6 Å². The Bertz CT molecular complexity index is 955. The maximum atomic E-state index is 11.9. The SMILES string of the molecule is COc1ccc(C2(NC(=S)Nc3ccc(N4CCCC4=O)cc3)CCCC2)cc1OC. The smallest absolute Gasteiger partial charge is 0.227 e. The van der Waals surface area contributed by atoms with Gasteiger partial charge in [-0.15, -0.1) is 0 Å². The van der Waals surface area contributed by atoms with E-state index in [-0.39, 0.29) is 11.4 Å². The maximum absolute atomic E-state index is 11.9. The number of nitrogens with one attached hydrogen (secondary N) is 2. The summed E-state index contributed by atoms with van der Waals surface area (Å²) in [4.78, 5) is 13.8. The van der Waals surface area contributed by atoms with E-state index in [1.807, 2.05) is 41.3 Å². The molecule has 1 aliphatic heterocycles. The molecule has 1 amide bonds. The van der Waals surface area contributed by atoms with Gasteiger partial charge in [-0.2, -0.15) is 0 Å². The van der Waals surface area contributed by atoms with Crippen LogP contribution in [0, 0.1) is 0 Å². The van der Waals surface area contributed by atoms with Crippen molar-refractivity contribution in [2.24, 2.45) is 0 Å². The second-order valence-corrected chi connectivity index (χ2v) is 8.54. The summed E-state index contributed by atoms with van der Waals surface area (Å²) in [7, 11) is 3.30. The van der Waals surface area contributed by atoms with Crippen LogP contribution in [-0.2, 0) is 10.3 Å². The van der Waals surface area contributed by atoms with E-state index in [9.17, 15) is 4.79 Å². The molecule has 1 saturated heterocycles. The molecule has 1 saturated carbocycles. The lowest BCUT2D eigenvalue weighted by Gasteiger charge is -2.33. The van der Waals surface area contributed by atoms with E-state index in [2.05, 4.69) is 16.7 Å². The van der Waals surface area contributed by atoms with Gasteiger partial charge >= 0.3 is 0 Å². The Morgan fingerprint density at radius 2 is 1.71 bits per heavy atom. The van der Waals surface area contributed by atoms with E-state index >= 15 is 0 Å². The zero-order chi connectivity index (χ0) is 21.8. The molecule has 164 valence electrons. The molecule has 1 aliphatic carbocycles. The van der Waals surface area contributed by atoms with E-state index in [1.165, 1.54) is 0 Å². The fraction of sp³-hybridized carbons (Fsp3) is 0.417. The zero-order valence-corrected chi connectivity index (χ0v) is 18.9. The molecule has 1 heterocycles. The number of rotatable bonds is 6. The van der Waals surface area contributed by atoms with Crippen molar-refractivity contribution in [3.05, 3.63) is 48.0 Å². The molecule has 2 aliphatic rings. The number of anilines is 2. The summed E-state index contributed by atoms with van der Waals surface area (Å²) in [6.07, 6.45) is 5.84. The Labute approximate surface area is 188 Å². The van der Waals surface area contributed by atoms with Crippen molar-refractivity contribution in [1.82, 2.24) is 5.32 Å². The number of carbonyl (C=O) groups excluding carboxylic acids is 1. The number of thiocarbonyl (C=S) groups is 1. The molecule has 0 spiro atoms. The van der Waals surface area contributed by atoms with Crippen molar-refractivity contribution in [1.29, 1.82) is 0 Å². The Morgan fingerprint density at radius 1 is 1.00 bits per heavy atom. The minimum Gasteiger partial charge on any atom is -0.493 e. The number of hydrogen-bond acceptors (Lipinski definition) is 4. The second-order valence-electron chi connectivity index (χ2n) is 8.13. The summed E-state index contributed by atoms with van der Waals surface area (Å²) in [5.74, 6) is 1.63. The molecule has 0 atom stereocenters. The minimum absolute atomic E-state index is 0.191. The van der Waals surface area contributed by atoms with E-state index < -0.39 is 0 Å². The molecular formula is C24H29N3O3S. The Hall–Kier alpha value is -2.80. The van der Waals surface area contributed by atoms with Gasteiger partial charge in [0.25, 0.3) is 0 Å². The van der Waals surface area contributed by atoms with E-state index in [0.29, 0.717) is 11.5 Å². The molecule has 31 heavy (non-hydrogen) atoms. The van der Waals surface area contributed by atoms with Crippen LogP contribution in [0.4, 0.5) is 11.4 Å². The first-order valence-corrected chi connectivity index (χ1v) is 11.2. The summed E-state index contributed by atoms with van der Waals surface area (Å²) in [6.45, 7) is 0.791. The van der Waals surface area contributed by atoms with Crippen LogP contribution >= 0.6 is 12.2 Å². The third-order valence-electron chi connectivity index (χ3n) is 6.26. The average molecular weight is 440 g/mol. The standard InChI is InChI=1S/C24H29N3O3S/c1-29-20-12-7-17(16-21(20)30-2)24(13-3-4-14-24)26-23(31)25-18-8-10-19(11-9-18)27-15-5-6-22(27)28/h7-12,16H,3-6,13-15H2,1-2H3,(H2,25,26,31). The number of benzene rings is 2. The number of carbonyl (C=O) groups is 1. The summed E-state index contributed by atoms with van der Waals surface area (Å²) in [6, 6.07) is 13.9. The van der Waals surface area contributed by atoms with Crippen LogP contribution in [0.3, 0.4) is 0 Å². The lowest BCUT2D eigenvalue weighted by molar-refractivity contribution is -0.117. The third-order valence-corrected chi connectivity index (χ3v) is 6.46. The first-order valence-electron chi connectivity index (χ1n) is 10.8. The average Bonchev–Trinajstić information content (AvgIpc) is 3.43. The van der Waals surface area contributed by atoms with E-state index in [0.717, 1.165) is 67.1 Å². The number of hydrogen-bond donors (Lipinski definition) is 2. The highest BCUT2D eigenvalue weighted by molar-refractivity contribution is 7.80. The highest BCUT2D eigenvalue weighted by Gasteiger charge is 2.37. The van der Waals surface area contributed by atoms with E-state index in [1.54, 1.807) is 14.2 Å². The van der Waals surface area contributed by atoms with Gasteiger partial charge in [-0.25, -0.2) is 0 Å². The van der Waals surface area contributed by atoms with Gasteiger partial charge < -0.3 is 25.0 Å². The van der Waals surface area contributed by atoms with Gasteiger partial charge in [0.2, 0.25) is 5.91 Å². The van der Waals surface area contributed by atoms with Crippen molar-refractivity contribution in [3.63, 3.8) is 0 Å². The van der Waals surface area contributed by atoms with Gasteiger partial charge in [0.05, 0.1) is 19.8 Å². The predicted octanol–water partition coefficient (Wildman–Crippen LogP) is 4.59. The molecule has 4 rings (SSSR count). The monoisotopic (exact) mass is 439 g/mol. The summed E-state index contributed by atoms with van der Waals surface area (Å²) in [5, 5.41) is 7.47. The Morgan fingerprint density at radius 3 is 2.32 bits per heavy atom. The zero-order valence-electron chi connectivity index (χ0n) is 18.1. The molecule has 2 aromatic carbocycles. The normalized spacial score (nSPS) is 17.5. The molecule has 2 N–H and O–H groups in total. The lowest BCUT2D eigenvalue weighted by atomic mass is 9.88.